The van der Waals surface area contributed by atoms with E-state index in [9.17, 15) is 24.9 Å². The molecule has 0 spiro atoms. The highest BCUT2D eigenvalue weighted by Gasteiger charge is 2.11. The minimum absolute atomic E-state index is 0.169. The van der Waals surface area contributed by atoms with Crippen LogP contribution in [0.1, 0.15) is 162 Å². The first-order chi connectivity index (χ1) is 25.2. The van der Waals surface area contributed by atoms with E-state index >= 15 is 0 Å². The molecule has 0 aromatic carbocycles. The summed E-state index contributed by atoms with van der Waals surface area (Å²) in [6.45, 7) is 6.31. The number of unbranched alkanes of at least 4 members (excludes halogenated alkanes) is 13. The van der Waals surface area contributed by atoms with Gasteiger partial charge in [0.25, 0.3) is 0 Å². The zero-order valence-corrected chi connectivity index (χ0v) is 33.2. The Bertz CT molecular complexity index is 1010. The Morgan fingerprint density at radius 3 is 1.48 bits per heavy atom. The standard InChI is InChI=1S/C45H76O7/c1-4-5-24-32-41(46)34-27-22-23-28-35-42(47)33-26-19-16-17-21-30-37-45(50)52-39-43(48)38-51-44(49)36-29-20-15-13-11-9-7-6-8-10-12-14-18-25-31-40(2)3/h5,17,19,21-24,26-28,34-35,40-43,46-48H,4,6-16,18,20,25,29-33,36-39H2,1-3H3/b21-17-,23-22-,24-5-,26-19-,34-27+,35-28+/t41-,42+,43+/m1/s1. The maximum Gasteiger partial charge on any atom is 0.306 e. The number of aliphatic hydroxyl groups excluding tert-OH is 3. The molecule has 0 saturated heterocycles. The van der Waals surface area contributed by atoms with Crippen molar-refractivity contribution in [3.63, 3.8) is 0 Å². The van der Waals surface area contributed by atoms with Gasteiger partial charge in [0, 0.05) is 12.8 Å². The lowest BCUT2D eigenvalue weighted by atomic mass is 10.0. The van der Waals surface area contributed by atoms with Gasteiger partial charge >= 0.3 is 11.9 Å². The number of rotatable bonds is 35. The quantitative estimate of drug-likeness (QED) is 0.0258. The van der Waals surface area contributed by atoms with Gasteiger partial charge in [-0.05, 0) is 44.4 Å². The van der Waals surface area contributed by atoms with Gasteiger partial charge in [0.05, 0.1) is 12.2 Å². The summed E-state index contributed by atoms with van der Waals surface area (Å²) in [5.74, 6) is 0.111. The second-order valence-electron chi connectivity index (χ2n) is 14.3. The number of esters is 2. The molecule has 7 nitrogen and oxygen atoms in total. The van der Waals surface area contributed by atoms with Gasteiger partial charge in [-0.2, -0.15) is 0 Å². The molecule has 0 rings (SSSR count). The lowest BCUT2D eigenvalue weighted by Gasteiger charge is -2.12. The van der Waals surface area contributed by atoms with Gasteiger partial charge in [-0.25, -0.2) is 0 Å². The largest absolute Gasteiger partial charge is 0.463 e. The number of aliphatic hydroxyl groups is 3. The van der Waals surface area contributed by atoms with Gasteiger partial charge in [0.2, 0.25) is 0 Å². The van der Waals surface area contributed by atoms with Gasteiger partial charge in [0.1, 0.15) is 19.3 Å². The molecule has 0 aromatic rings. The molecular formula is C45H76O7. The number of carbonyl (C=O) groups is 2. The molecule has 0 radical (unpaired) electrons. The van der Waals surface area contributed by atoms with E-state index in [1.807, 2.05) is 48.6 Å². The summed E-state index contributed by atoms with van der Waals surface area (Å²) in [7, 11) is 0. The predicted molar refractivity (Wildman–Crippen MR) is 217 cm³/mol. The van der Waals surface area contributed by atoms with Crippen LogP contribution in [0, 0.1) is 5.92 Å². The summed E-state index contributed by atoms with van der Waals surface area (Å²) < 4.78 is 10.2. The average Bonchev–Trinajstić information content (AvgIpc) is 3.12. The van der Waals surface area contributed by atoms with Gasteiger partial charge in [-0.15, -0.1) is 0 Å². The first kappa shape index (κ1) is 49.3. The third kappa shape index (κ3) is 38.5. The Kier molecular flexibility index (Phi) is 36.0. The minimum Gasteiger partial charge on any atom is -0.463 e. The van der Waals surface area contributed by atoms with E-state index in [1.54, 1.807) is 24.3 Å². The molecule has 0 aromatic heterocycles. The van der Waals surface area contributed by atoms with Crippen LogP contribution in [0.3, 0.4) is 0 Å². The summed E-state index contributed by atoms with van der Waals surface area (Å²) in [6.07, 6.45) is 43.2. The molecular weight excluding hydrogens is 652 g/mol. The van der Waals surface area contributed by atoms with Crippen LogP contribution in [0.5, 0.6) is 0 Å². The Labute approximate surface area is 318 Å². The average molecular weight is 729 g/mol. The van der Waals surface area contributed by atoms with Crippen LogP contribution in [0.4, 0.5) is 0 Å². The summed E-state index contributed by atoms with van der Waals surface area (Å²) in [4.78, 5) is 23.9. The monoisotopic (exact) mass is 729 g/mol. The normalized spacial score (nSPS) is 14.3. The van der Waals surface area contributed by atoms with E-state index in [-0.39, 0.29) is 25.6 Å². The Balaban J connectivity index is 3.68. The van der Waals surface area contributed by atoms with Crippen LogP contribution in [0.2, 0.25) is 0 Å². The van der Waals surface area contributed by atoms with Crippen molar-refractivity contribution >= 4 is 11.9 Å². The number of allylic oxidation sites excluding steroid dienone is 8. The number of ether oxygens (including phenoxy) is 2. The fourth-order valence-electron chi connectivity index (χ4n) is 5.41. The van der Waals surface area contributed by atoms with Crippen LogP contribution in [0.15, 0.2) is 72.9 Å². The molecule has 0 unspecified atom stereocenters. The second kappa shape index (κ2) is 38.0. The molecule has 0 amide bonds. The van der Waals surface area contributed by atoms with Crippen LogP contribution >= 0.6 is 0 Å². The Morgan fingerprint density at radius 2 is 0.981 bits per heavy atom. The third-order valence-corrected chi connectivity index (χ3v) is 8.56. The molecule has 0 bridgehead atoms. The fraction of sp³-hybridized carbons (Fsp3) is 0.689. The van der Waals surface area contributed by atoms with Gasteiger partial charge in [-0.3, -0.25) is 9.59 Å². The summed E-state index contributed by atoms with van der Waals surface area (Å²) >= 11 is 0. The Morgan fingerprint density at radius 1 is 0.538 bits per heavy atom. The van der Waals surface area contributed by atoms with Crippen molar-refractivity contribution < 1.29 is 34.4 Å². The molecule has 3 atom stereocenters. The Hall–Kier alpha value is -2.74. The lowest BCUT2D eigenvalue weighted by Crippen LogP contribution is -2.25. The molecule has 298 valence electrons. The van der Waals surface area contributed by atoms with E-state index in [2.05, 4.69) is 20.8 Å². The zero-order valence-electron chi connectivity index (χ0n) is 33.2. The molecule has 0 heterocycles. The molecule has 3 N–H and O–H groups in total. The van der Waals surface area contributed by atoms with Crippen molar-refractivity contribution in [2.24, 2.45) is 5.92 Å². The van der Waals surface area contributed by atoms with Gasteiger partial charge in [-0.1, -0.05) is 184 Å². The van der Waals surface area contributed by atoms with E-state index in [4.69, 9.17) is 9.47 Å². The number of hydrogen-bond donors (Lipinski definition) is 3. The third-order valence-electron chi connectivity index (χ3n) is 8.56. The van der Waals surface area contributed by atoms with Crippen molar-refractivity contribution in [2.45, 2.75) is 180 Å². The first-order valence-electron chi connectivity index (χ1n) is 20.6. The minimum atomic E-state index is -1.03. The van der Waals surface area contributed by atoms with Crippen LogP contribution < -0.4 is 0 Å². The molecule has 52 heavy (non-hydrogen) atoms. The van der Waals surface area contributed by atoms with Gasteiger partial charge in [0.15, 0.2) is 0 Å². The molecule has 0 fully saturated rings. The molecule has 0 saturated carbocycles. The molecule has 0 aliphatic heterocycles. The van der Waals surface area contributed by atoms with E-state index in [0.717, 1.165) is 31.6 Å². The lowest BCUT2D eigenvalue weighted by molar-refractivity contribution is -0.152. The van der Waals surface area contributed by atoms with Crippen molar-refractivity contribution in [1.29, 1.82) is 0 Å². The summed E-state index contributed by atoms with van der Waals surface area (Å²) in [6, 6.07) is 0. The van der Waals surface area contributed by atoms with Crippen LogP contribution in [-0.2, 0) is 19.1 Å². The molecule has 0 aliphatic rings. The van der Waals surface area contributed by atoms with Crippen molar-refractivity contribution in [3.05, 3.63) is 72.9 Å². The van der Waals surface area contributed by atoms with Crippen molar-refractivity contribution in [3.8, 4) is 0 Å². The summed E-state index contributed by atoms with van der Waals surface area (Å²) in [5.41, 5.74) is 0. The van der Waals surface area contributed by atoms with E-state index in [1.165, 1.54) is 77.0 Å². The highest BCUT2D eigenvalue weighted by Crippen LogP contribution is 2.15. The zero-order chi connectivity index (χ0) is 38.3. The van der Waals surface area contributed by atoms with Crippen LogP contribution in [0.25, 0.3) is 0 Å². The van der Waals surface area contributed by atoms with Crippen LogP contribution in [-0.4, -0.2) is 58.8 Å². The number of carbonyl (C=O) groups excluding carboxylic acids is 2. The SMILES string of the molecule is CC/C=C\C[C@@H](O)/C=C/C=C\C=C\[C@@H](O)C/C=C\C/C=C\CCC(=O)OC[C@@H](O)COC(=O)CCCCCCCCCCCCCCCCC(C)C. The van der Waals surface area contributed by atoms with E-state index in [0.29, 0.717) is 32.1 Å². The van der Waals surface area contributed by atoms with Crippen molar-refractivity contribution in [2.75, 3.05) is 13.2 Å². The molecule has 7 heteroatoms. The smallest absolute Gasteiger partial charge is 0.306 e. The highest BCUT2D eigenvalue weighted by molar-refractivity contribution is 5.70. The highest BCUT2D eigenvalue weighted by atomic mass is 16.6. The number of hydrogen-bond acceptors (Lipinski definition) is 7. The second-order valence-corrected chi connectivity index (χ2v) is 14.3. The van der Waals surface area contributed by atoms with E-state index < -0.39 is 24.3 Å². The maximum atomic E-state index is 12.0. The fourth-order valence-corrected chi connectivity index (χ4v) is 5.41. The topological polar surface area (TPSA) is 113 Å². The van der Waals surface area contributed by atoms with Crippen molar-refractivity contribution in [1.82, 2.24) is 0 Å². The van der Waals surface area contributed by atoms with Gasteiger partial charge < -0.3 is 24.8 Å². The maximum absolute atomic E-state index is 12.0. The summed E-state index contributed by atoms with van der Waals surface area (Å²) in [5, 5.41) is 29.8. The first-order valence-corrected chi connectivity index (χ1v) is 20.6. The molecule has 0 aliphatic carbocycles. The predicted octanol–water partition coefficient (Wildman–Crippen LogP) is 10.8.